The number of halogens is 1. The van der Waals surface area contributed by atoms with Crippen LogP contribution in [-0.4, -0.2) is 47.6 Å². The molecule has 1 fully saturated rings. The van der Waals surface area contributed by atoms with Crippen LogP contribution in [0.2, 0.25) is 5.15 Å². The zero-order valence-electron chi connectivity index (χ0n) is 17.1. The van der Waals surface area contributed by atoms with Crippen molar-refractivity contribution in [2.24, 2.45) is 0 Å². The summed E-state index contributed by atoms with van der Waals surface area (Å²) in [6, 6.07) is 10.3. The lowest BCUT2D eigenvalue weighted by Gasteiger charge is -2.36. The van der Waals surface area contributed by atoms with Crippen molar-refractivity contribution in [3.63, 3.8) is 0 Å². The molecule has 3 aromatic rings. The van der Waals surface area contributed by atoms with Crippen LogP contribution in [0.25, 0.3) is 10.9 Å². The summed E-state index contributed by atoms with van der Waals surface area (Å²) < 4.78 is 0. The fourth-order valence-electron chi connectivity index (χ4n) is 4.58. The van der Waals surface area contributed by atoms with E-state index in [1.165, 1.54) is 11.8 Å². The Hall–Kier alpha value is -3.08. The van der Waals surface area contributed by atoms with Crippen LogP contribution in [-0.2, 0) is 13.0 Å². The van der Waals surface area contributed by atoms with E-state index in [-0.39, 0.29) is 5.56 Å². The Morgan fingerprint density at radius 1 is 1.19 bits per heavy atom. The van der Waals surface area contributed by atoms with Crippen molar-refractivity contribution in [2.45, 2.75) is 19.4 Å². The first-order chi connectivity index (χ1) is 15.1. The summed E-state index contributed by atoms with van der Waals surface area (Å²) in [6.07, 6.45) is 3.36. The van der Waals surface area contributed by atoms with E-state index in [4.69, 9.17) is 11.6 Å². The number of hydrogen-bond donors (Lipinski definition) is 2. The monoisotopic (exact) mass is 434 g/mol. The van der Waals surface area contributed by atoms with Crippen LogP contribution in [0.4, 0.5) is 11.4 Å². The van der Waals surface area contributed by atoms with E-state index >= 15 is 0 Å². The molecule has 0 radical (unpaired) electrons. The van der Waals surface area contributed by atoms with Crippen LogP contribution in [0.1, 0.15) is 23.1 Å². The summed E-state index contributed by atoms with van der Waals surface area (Å²) in [7, 11) is 0. The second-order valence-electron chi connectivity index (χ2n) is 8.12. The molecule has 5 rings (SSSR count). The van der Waals surface area contributed by atoms with E-state index in [0.717, 1.165) is 80.0 Å². The van der Waals surface area contributed by atoms with Gasteiger partial charge in [-0.2, -0.15) is 5.26 Å². The number of aromatic amines is 1. The molecule has 2 aliphatic rings. The molecule has 1 aromatic carbocycles. The predicted molar refractivity (Wildman–Crippen MR) is 123 cm³/mol. The van der Waals surface area contributed by atoms with Gasteiger partial charge in [-0.05, 0) is 24.5 Å². The number of hydrogen-bond acceptors (Lipinski definition) is 6. The van der Waals surface area contributed by atoms with Crippen molar-refractivity contribution < 1.29 is 0 Å². The standard InChI is InChI=1S/C23H23ClN6O/c24-21-11-20(16(12-25)13-27-21)30-8-6-29(7-9-30)14-15-3-4-17-19(10-15)28-23(31)18-2-1-5-26-22(17)18/h3-4,10-11,13,26H,1-2,5-9,14H2,(H,28,31). The fourth-order valence-corrected chi connectivity index (χ4v) is 4.73. The molecule has 0 atom stereocenters. The number of benzene rings is 1. The minimum atomic E-state index is 0.0183. The van der Waals surface area contributed by atoms with E-state index < -0.39 is 0 Å². The molecule has 31 heavy (non-hydrogen) atoms. The zero-order chi connectivity index (χ0) is 21.4. The Labute approximate surface area is 185 Å². The Morgan fingerprint density at radius 3 is 2.84 bits per heavy atom. The van der Waals surface area contributed by atoms with Crippen molar-refractivity contribution in [3.05, 3.63) is 62.7 Å². The predicted octanol–water partition coefficient (Wildman–Crippen LogP) is 3.13. The molecular formula is C23H23ClN6O. The van der Waals surface area contributed by atoms with Gasteiger partial charge in [0.2, 0.25) is 0 Å². The maximum Gasteiger partial charge on any atom is 0.253 e. The first-order valence-electron chi connectivity index (χ1n) is 10.6. The first-order valence-corrected chi connectivity index (χ1v) is 10.9. The number of pyridine rings is 2. The summed E-state index contributed by atoms with van der Waals surface area (Å²) in [5, 5.41) is 14.3. The average molecular weight is 435 g/mol. The zero-order valence-corrected chi connectivity index (χ0v) is 17.9. The highest BCUT2D eigenvalue weighted by Crippen LogP contribution is 2.29. The van der Waals surface area contributed by atoms with E-state index in [0.29, 0.717) is 10.7 Å². The van der Waals surface area contributed by atoms with E-state index in [2.05, 4.69) is 49.4 Å². The lowest BCUT2D eigenvalue weighted by Crippen LogP contribution is -2.46. The van der Waals surface area contributed by atoms with E-state index in [1.54, 1.807) is 6.07 Å². The van der Waals surface area contributed by atoms with Gasteiger partial charge in [0.25, 0.3) is 5.56 Å². The van der Waals surface area contributed by atoms with Crippen LogP contribution < -0.4 is 15.8 Å². The molecule has 2 aliphatic heterocycles. The molecule has 8 heteroatoms. The van der Waals surface area contributed by atoms with Crippen LogP contribution >= 0.6 is 11.6 Å². The largest absolute Gasteiger partial charge is 0.384 e. The third-order valence-electron chi connectivity index (χ3n) is 6.17. The normalized spacial score (nSPS) is 16.6. The number of nitrogens with zero attached hydrogens (tertiary/aromatic N) is 4. The second kappa shape index (κ2) is 8.22. The Kier molecular flexibility index (Phi) is 5.26. The minimum Gasteiger partial charge on any atom is -0.384 e. The van der Waals surface area contributed by atoms with Crippen molar-refractivity contribution in [3.8, 4) is 6.07 Å². The molecule has 0 aliphatic carbocycles. The number of fused-ring (bicyclic) bond motifs is 3. The van der Waals surface area contributed by atoms with Gasteiger partial charge < -0.3 is 15.2 Å². The molecule has 2 aromatic heterocycles. The second-order valence-corrected chi connectivity index (χ2v) is 8.50. The van der Waals surface area contributed by atoms with Crippen molar-refractivity contribution in [2.75, 3.05) is 42.9 Å². The van der Waals surface area contributed by atoms with Crippen molar-refractivity contribution in [1.82, 2.24) is 14.9 Å². The Bertz CT molecular complexity index is 1240. The van der Waals surface area contributed by atoms with Crippen molar-refractivity contribution in [1.29, 1.82) is 5.26 Å². The van der Waals surface area contributed by atoms with Gasteiger partial charge >= 0.3 is 0 Å². The number of H-pyrrole nitrogens is 1. The smallest absolute Gasteiger partial charge is 0.253 e. The van der Waals surface area contributed by atoms with E-state index in [1.807, 2.05) is 0 Å². The van der Waals surface area contributed by atoms with Gasteiger partial charge in [0.15, 0.2) is 0 Å². The SMILES string of the molecule is N#Cc1cnc(Cl)cc1N1CCN(Cc2ccc3c4c(c(=O)[nH]c3c2)CCCN4)CC1. The quantitative estimate of drug-likeness (QED) is 0.616. The van der Waals surface area contributed by atoms with Crippen LogP contribution in [0, 0.1) is 11.3 Å². The third-order valence-corrected chi connectivity index (χ3v) is 6.38. The summed E-state index contributed by atoms with van der Waals surface area (Å²) >= 11 is 6.04. The molecule has 2 N–H and O–H groups in total. The molecule has 7 nitrogen and oxygen atoms in total. The Morgan fingerprint density at radius 2 is 2.03 bits per heavy atom. The molecule has 0 amide bonds. The number of rotatable bonds is 3. The van der Waals surface area contributed by atoms with Crippen LogP contribution in [0.15, 0.2) is 35.3 Å². The number of aromatic nitrogens is 2. The van der Waals surface area contributed by atoms with Gasteiger partial charge in [0, 0.05) is 62.5 Å². The lowest BCUT2D eigenvalue weighted by atomic mass is 10.0. The lowest BCUT2D eigenvalue weighted by molar-refractivity contribution is 0.250. The molecule has 0 spiro atoms. The number of anilines is 2. The highest BCUT2D eigenvalue weighted by molar-refractivity contribution is 6.29. The Balaban J connectivity index is 1.31. The van der Waals surface area contributed by atoms with Gasteiger partial charge in [0.1, 0.15) is 11.2 Å². The third kappa shape index (κ3) is 3.85. The topological polar surface area (TPSA) is 88.1 Å². The molecular weight excluding hydrogens is 412 g/mol. The average Bonchev–Trinajstić information content (AvgIpc) is 2.80. The van der Waals surface area contributed by atoms with Gasteiger partial charge in [-0.25, -0.2) is 4.98 Å². The van der Waals surface area contributed by atoms with E-state index in [9.17, 15) is 10.1 Å². The highest BCUT2D eigenvalue weighted by atomic mass is 35.5. The minimum absolute atomic E-state index is 0.0183. The van der Waals surface area contributed by atoms with Crippen LogP contribution in [0.5, 0.6) is 0 Å². The maximum absolute atomic E-state index is 12.5. The molecule has 4 heterocycles. The molecule has 0 unspecified atom stereocenters. The van der Waals surface area contributed by atoms with Crippen LogP contribution in [0.3, 0.4) is 0 Å². The summed E-state index contributed by atoms with van der Waals surface area (Å²) in [5.74, 6) is 0. The van der Waals surface area contributed by atoms with Gasteiger partial charge in [-0.3, -0.25) is 9.69 Å². The number of nitriles is 1. The van der Waals surface area contributed by atoms with Crippen molar-refractivity contribution >= 4 is 33.9 Å². The fraction of sp³-hybridized carbons (Fsp3) is 0.348. The number of nitrogens with one attached hydrogen (secondary N) is 2. The number of piperazine rings is 1. The van der Waals surface area contributed by atoms with Gasteiger partial charge in [0.05, 0.1) is 22.5 Å². The maximum atomic E-state index is 12.5. The molecule has 0 saturated carbocycles. The summed E-state index contributed by atoms with van der Waals surface area (Å²) in [4.78, 5) is 24.1. The highest BCUT2D eigenvalue weighted by Gasteiger charge is 2.21. The first kappa shape index (κ1) is 19.9. The molecule has 1 saturated heterocycles. The summed E-state index contributed by atoms with van der Waals surface area (Å²) in [6.45, 7) is 5.12. The van der Waals surface area contributed by atoms with Gasteiger partial charge in [-0.1, -0.05) is 23.7 Å². The van der Waals surface area contributed by atoms with Gasteiger partial charge in [-0.15, -0.1) is 0 Å². The summed E-state index contributed by atoms with van der Waals surface area (Å²) in [5.41, 5.74) is 5.35. The molecule has 158 valence electrons. The molecule has 0 bridgehead atoms.